The fraction of sp³-hybridized carbons (Fsp3) is 0.667. The Morgan fingerprint density at radius 3 is 2.70 bits per heavy atom. The van der Waals surface area contributed by atoms with Crippen LogP contribution in [-0.2, 0) is 6.42 Å². The zero-order valence-corrected chi connectivity index (χ0v) is 12.4. The van der Waals surface area contributed by atoms with E-state index in [9.17, 15) is 4.79 Å². The molecule has 0 spiro atoms. The molecule has 1 fully saturated rings. The van der Waals surface area contributed by atoms with E-state index in [1.807, 2.05) is 19.9 Å². The quantitative estimate of drug-likeness (QED) is 0.856. The highest BCUT2D eigenvalue weighted by Gasteiger charge is 2.32. The lowest BCUT2D eigenvalue weighted by Crippen LogP contribution is -2.41. The predicted octanol–water partition coefficient (Wildman–Crippen LogP) is 1.60. The van der Waals surface area contributed by atoms with E-state index < -0.39 is 0 Å². The maximum Gasteiger partial charge on any atom is 0.253 e. The first-order chi connectivity index (χ1) is 9.60. The number of aromatic nitrogens is 2. The second-order valence-electron chi connectivity index (χ2n) is 5.79. The minimum Gasteiger partial charge on any atom is -0.351 e. The first-order valence-corrected chi connectivity index (χ1v) is 7.42. The van der Waals surface area contributed by atoms with Crippen LogP contribution in [0.4, 0.5) is 0 Å². The molecule has 1 saturated carbocycles. The Morgan fingerprint density at radius 2 is 2.10 bits per heavy atom. The molecule has 3 N–H and O–H groups in total. The Kier molecular flexibility index (Phi) is 4.70. The summed E-state index contributed by atoms with van der Waals surface area (Å²) in [5.74, 6) is -0.0559. The van der Waals surface area contributed by atoms with Crippen molar-refractivity contribution in [3.63, 3.8) is 0 Å². The molecule has 110 valence electrons. The summed E-state index contributed by atoms with van der Waals surface area (Å²) in [5.41, 5.74) is 8.16. The summed E-state index contributed by atoms with van der Waals surface area (Å²) in [6.45, 7) is 5.13. The fourth-order valence-electron chi connectivity index (χ4n) is 2.91. The fourth-order valence-corrected chi connectivity index (χ4v) is 2.91. The van der Waals surface area contributed by atoms with Crippen LogP contribution in [-0.4, -0.2) is 29.2 Å². The number of hydrogen-bond donors (Lipinski definition) is 2. The highest BCUT2D eigenvalue weighted by molar-refractivity contribution is 5.95. The first-order valence-electron chi connectivity index (χ1n) is 7.42. The molecule has 0 atom stereocenters. The lowest BCUT2D eigenvalue weighted by Gasteiger charge is -2.27. The summed E-state index contributed by atoms with van der Waals surface area (Å²) in [6, 6.07) is 1.81. The molecule has 1 aliphatic rings. The van der Waals surface area contributed by atoms with Gasteiger partial charge in [0.2, 0.25) is 0 Å². The zero-order chi connectivity index (χ0) is 14.6. The molecule has 1 aromatic rings. The minimum absolute atomic E-state index is 0.0559. The molecule has 1 aromatic heterocycles. The predicted molar refractivity (Wildman–Crippen MR) is 78.4 cm³/mol. The van der Waals surface area contributed by atoms with E-state index in [2.05, 4.69) is 15.5 Å². The summed E-state index contributed by atoms with van der Waals surface area (Å²) in [6.07, 6.45) is 5.35. The number of carbonyl (C=O) groups is 1. The van der Waals surface area contributed by atoms with Crippen LogP contribution in [0.25, 0.3) is 0 Å². The SMILES string of the molecule is CCc1nnc(C)cc1C(=O)NCC1(CN)CCCC1. The molecule has 0 aromatic carbocycles. The standard InChI is InChI=1S/C15H24N4O/c1-3-13-12(8-11(2)18-19-13)14(20)17-10-15(9-16)6-4-5-7-15/h8H,3-7,9-10,16H2,1-2H3,(H,17,20). The van der Waals surface area contributed by atoms with Crippen molar-refractivity contribution < 1.29 is 4.79 Å². The van der Waals surface area contributed by atoms with Crippen LogP contribution in [0.3, 0.4) is 0 Å². The van der Waals surface area contributed by atoms with Gasteiger partial charge >= 0.3 is 0 Å². The molecule has 2 rings (SSSR count). The summed E-state index contributed by atoms with van der Waals surface area (Å²) in [4.78, 5) is 12.4. The topological polar surface area (TPSA) is 80.9 Å². The van der Waals surface area contributed by atoms with Gasteiger partial charge in [0.1, 0.15) is 0 Å². The second kappa shape index (κ2) is 6.31. The molecule has 20 heavy (non-hydrogen) atoms. The molecule has 5 heteroatoms. The van der Waals surface area contributed by atoms with Crippen LogP contribution in [0.2, 0.25) is 0 Å². The van der Waals surface area contributed by atoms with Gasteiger partial charge in [0.25, 0.3) is 5.91 Å². The van der Waals surface area contributed by atoms with Gasteiger partial charge in [-0.05, 0) is 44.2 Å². The maximum atomic E-state index is 12.4. The Labute approximate surface area is 120 Å². The van der Waals surface area contributed by atoms with Crippen LogP contribution < -0.4 is 11.1 Å². The molecular weight excluding hydrogens is 252 g/mol. The molecule has 0 saturated heterocycles. The Balaban J connectivity index is 2.06. The molecule has 0 aliphatic heterocycles. The van der Waals surface area contributed by atoms with Crippen LogP contribution in [0.1, 0.15) is 54.4 Å². The summed E-state index contributed by atoms with van der Waals surface area (Å²) in [7, 11) is 0. The summed E-state index contributed by atoms with van der Waals surface area (Å²) in [5, 5.41) is 11.2. The van der Waals surface area contributed by atoms with Gasteiger partial charge in [0.15, 0.2) is 0 Å². The average Bonchev–Trinajstić information content (AvgIpc) is 2.94. The van der Waals surface area contributed by atoms with Crippen molar-refractivity contribution in [3.8, 4) is 0 Å². The lowest BCUT2D eigenvalue weighted by molar-refractivity contribution is 0.0930. The Bertz CT molecular complexity index is 481. The van der Waals surface area contributed by atoms with Gasteiger partial charge in [-0.15, -0.1) is 0 Å². The summed E-state index contributed by atoms with van der Waals surface area (Å²) < 4.78 is 0. The number of amides is 1. The van der Waals surface area contributed by atoms with Gasteiger partial charge < -0.3 is 11.1 Å². The van der Waals surface area contributed by atoms with Crippen LogP contribution in [0, 0.1) is 12.3 Å². The molecule has 1 aliphatic carbocycles. The molecule has 1 heterocycles. The molecule has 1 amide bonds. The van der Waals surface area contributed by atoms with Crippen molar-refractivity contribution >= 4 is 5.91 Å². The van der Waals surface area contributed by atoms with Crippen LogP contribution >= 0.6 is 0 Å². The monoisotopic (exact) mass is 276 g/mol. The molecule has 0 unspecified atom stereocenters. The lowest BCUT2D eigenvalue weighted by atomic mass is 9.86. The van der Waals surface area contributed by atoms with Crippen LogP contribution in [0.5, 0.6) is 0 Å². The van der Waals surface area contributed by atoms with Crippen molar-refractivity contribution in [2.24, 2.45) is 11.1 Å². The smallest absolute Gasteiger partial charge is 0.253 e. The molecule has 0 bridgehead atoms. The number of rotatable bonds is 5. The summed E-state index contributed by atoms with van der Waals surface area (Å²) >= 11 is 0. The molecule has 0 radical (unpaired) electrons. The van der Waals surface area contributed by atoms with Crippen LogP contribution in [0.15, 0.2) is 6.07 Å². The number of nitrogens with zero attached hydrogens (tertiary/aromatic N) is 2. The maximum absolute atomic E-state index is 12.4. The van der Waals surface area contributed by atoms with Crippen molar-refractivity contribution in [2.75, 3.05) is 13.1 Å². The number of nitrogens with two attached hydrogens (primary N) is 1. The van der Waals surface area contributed by atoms with Gasteiger partial charge in [-0.2, -0.15) is 10.2 Å². The minimum atomic E-state index is -0.0559. The Hall–Kier alpha value is -1.49. The van der Waals surface area contributed by atoms with E-state index in [-0.39, 0.29) is 11.3 Å². The average molecular weight is 276 g/mol. The Morgan fingerprint density at radius 1 is 1.40 bits per heavy atom. The highest BCUT2D eigenvalue weighted by Crippen LogP contribution is 2.36. The number of hydrogen-bond acceptors (Lipinski definition) is 4. The van der Waals surface area contributed by atoms with Gasteiger partial charge in [0, 0.05) is 6.54 Å². The largest absolute Gasteiger partial charge is 0.351 e. The van der Waals surface area contributed by atoms with Crippen molar-refractivity contribution in [3.05, 3.63) is 23.0 Å². The van der Waals surface area contributed by atoms with Crippen molar-refractivity contribution in [1.82, 2.24) is 15.5 Å². The van der Waals surface area contributed by atoms with E-state index >= 15 is 0 Å². The third-order valence-corrected chi connectivity index (χ3v) is 4.29. The van der Waals surface area contributed by atoms with Gasteiger partial charge in [-0.3, -0.25) is 4.79 Å². The molecular formula is C15H24N4O. The highest BCUT2D eigenvalue weighted by atomic mass is 16.1. The first kappa shape index (κ1) is 14.9. The van der Waals surface area contributed by atoms with E-state index in [0.29, 0.717) is 25.1 Å². The van der Waals surface area contributed by atoms with Crippen molar-refractivity contribution in [1.29, 1.82) is 0 Å². The van der Waals surface area contributed by atoms with E-state index in [4.69, 9.17) is 5.73 Å². The number of carbonyl (C=O) groups excluding carboxylic acids is 1. The molecule has 5 nitrogen and oxygen atoms in total. The van der Waals surface area contributed by atoms with E-state index in [1.54, 1.807) is 0 Å². The normalized spacial score (nSPS) is 17.1. The van der Waals surface area contributed by atoms with Gasteiger partial charge in [-0.1, -0.05) is 19.8 Å². The number of nitrogens with one attached hydrogen (secondary N) is 1. The van der Waals surface area contributed by atoms with Gasteiger partial charge in [0.05, 0.1) is 17.0 Å². The third-order valence-electron chi connectivity index (χ3n) is 4.29. The third kappa shape index (κ3) is 3.15. The zero-order valence-electron chi connectivity index (χ0n) is 12.4. The van der Waals surface area contributed by atoms with E-state index in [1.165, 1.54) is 12.8 Å². The van der Waals surface area contributed by atoms with Gasteiger partial charge in [-0.25, -0.2) is 0 Å². The second-order valence-corrected chi connectivity index (χ2v) is 5.79. The number of aryl methyl sites for hydroxylation is 2. The van der Waals surface area contributed by atoms with E-state index in [0.717, 1.165) is 24.2 Å². The van der Waals surface area contributed by atoms with Crippen molar-refractivity contribution in [2.45, 2.75) is 46.0 Å².